The zero-order valence-corrected chi connectivity index (χ0v) is 12.0. The second-order valence-electron chi connectivity index (χ2n) is 5.05. The molecule has 1 aliphatic heterocycles. The predicted molar refractivity (Wildman–Crippen MR) is 74.7 cm³/mol. The van der Waals surface area contributed by atoms with E-state index in [1.165, 1.54) is 5.56 Å². The first-order chi connectivity index (χ1) is 9.17. The molecular formula is C15H23NO3. The van der Waals surface area contributed by atoms with E-state index in [-0.39, 0.29) is 12.6 Å². The van der Waals surface area contributed by atoms with Crippen molar-refractivity contribution in [2.45, 2.75) is 19.9 Å². The van der Waals surface area contributed by atoms with Gasteiger partial charge in [-0.1, -0.05) is 17.7 Å². The number of nitrogens with zero attached hydrogens (tertiary/aromatic N) is 1. The second kappa shape index (κ2) is 6.37. The highest BCUT2D eigenvalue weighted by Gasteiger charge is 2.25. The number of ether oxygens (including phenoxy) is 2. The van der Waals surface area contributed by atoms with Crippen LogP contribution in [-0.2, 0) is 4.74 Å². The predicted octanol–water partition coefficient (Wildman–Crippen LogP) is 1.68. The number of rotatable bonds is 4. The van der Waals surface area contributed by atoms with E-state index in [0.29, 0.717) is 0 Å². The Labute approximate surface area is 114 Å². The minimum atomic E-state index is -0.0163. The van der Waals surface area contributed by atoms with Gasteiger partial charge in [-0.15, -0.1) is 0 Å². The monoisotopic (exact) mass is 265 g/mol. The van der Waals surface area contributed by atoms with E-state index in [2.05, 4.69) is 24.0 Å². The van der Waals surface area contributed by atoms with Crippen LogP contribution < -0.4 is 4.74 Å². The number of hydrogen-bond donors (Lipinski definition) is 1. The van der Waals surface area contributed by atoms with Gasteiger partial charge in [-0.25, -0.2) is 0 Å². The highest BCUT2D eigenvalue weighted by Crippen LogP contribution is 2.33. The lowest BCUT2D eigenvalue weighted by Crippen LogP contribution is -2.40. The van der Waals surface area contributed by atoms with Gasteiger partial charge in [-0.05, 0) is 19.4 Å². The molecule has 1 heterocycles. The third-order valence-electron chi connectivity index (χ3n) is 3.67. The normalized spacial score (nSPS) is 18.3. The molecule has 1 fully saturated rings. The van der Waals surface area contributed by atoms with Crippen molar-refractivity contribution >= 4 is 0 Å². The SMILES string of the molecule is COc1c(C)cc(C)cc1C(CO)N1CCOCC1. The van der Waals surface area contributed by atoms with Gasteiger partial charge in [-0.3, -0.25) is 4.90 Å². The summed E-state index contributed by atoms with van der Waals surface area (Å²) in [6, 6.07) is 4.20. The van der Waals surface area contributed by atoms with Gasteiger partial charge in [0.2, 0.25) is 0 Å². The van der Waals surface area contributed by atoms with Crippen LogP contribution in [0.1, 0.15) is 22.7 Å². The van der Waals surface area contributed by atoms with Gasteiger partial charge in [0.1, 0.15) is 5.75 Å². The lowest BCUT2D eigenvalue weighted by atomic mass is 9.98. The molecule has 0 spiro atoms. The van der Waals surface area contributed by atoms with Gasteiger partial charge in [-0.2, -0.15) is 0 Å². The molecule has 1 N–H and O–H groups in total. The topological polar surface area (TPSA) is 41.9 Å². The molecule has 0 aromatic heterocycles. The highest BCUT2D eigenvalue weighted by molar-refractivity contribution is 5.45. The number of aliphatic hydroxyl groups excluding tert-OH is 1. The van der Waals surface area contributed by atoms with Gasteiger partial charge >= 0.3 is 0 Å². The summed E-state index contributed by atoms with van der Waals surface area (Å²) in [5, 5.41) is 9.80. The molecule has 1 aromatic rings. The average Bonchev–Trinajstić information content (AvgIpc) is 2.40. The zero-order valence-electron chi connectivity index (χ0n) is 12.0. The first-order valence-electron chi connectivity index (χ1n) is 6.75. The fourth-order valence-corrected chi connectivity index (χ4v) is 2.81. The molecule has 0 radical (unpaired) electrons. The molecule has 1 saturated heterocycles. The van der Waals surface area contributed by atoms with Crippen LogP contribution >= 0.6 is 0 Å². The maximum Gasteiger partial charge on any atom is 0.126 e. The molecule has 4 heteroatoms. The van der Waals surface area contributed by atoms with Crippen molar-refractivity contribution in [1.82, 2.24) is 4.90 Å². The van der Waals surface area contributed by atoms with Crippen LogP contribution in [0, 0.1) is 13.8 Å². The molecule has 1 aliphatic rings. The Morgan fingerprint density at radius 1 is 1.32 bits per heavy atom. The third kappa shape index (κ3) is 3.08. The maximum absolute atomic E-state index is 9.80. The Morgan fingerprint density at radius 2 is 2.00 bits per heavy atom. The summed E-state index contributed by atoms with van der Waals surface area (Å²) >= 11 is 0. The summed E-state index contributed by atoms with van der Waals surface area (Å²) in [7, 11) is 1.69. The largest absolute Gasteiger partial charge is 0.496 e. The van der Waals surface area contributed by atoms with Crippen molar-refractivity contribution in [3.05, 3.63) is 28.8 Å². The van der Waals surface area contributed by atoms with Crippen molar-refractivity contribution in [1.29, 1.82) is 0 Å². The number of methoxy groups -OCH3 is 1. The smallest absolute Gasteiger partial charge is 0.126 e. The molecule has 0 saturated carbocycles. The molecule has 0 amide bonds. The van der Waals surface area contributed by atoms with E-state index < -0.39 is 0 Å². The van der Waals surface area contributed by atoms with E-state index >= 15 is 0 Å². The molecule has 106 valence electrons. The van der Waals surface area contributed by atoms with Gasteiger partial charge in [0.05, 0.1) is 33.0 Å². The van der Waals surface area contributed by atoms with E-state index in [1.807, 2.05) is 6.92 Å². The summed E-state index contributed by atoms with van der Waals surface area (Å²) in [6.45, 7) is 7.36. The van der Waals surface area contributed by atoms with Gasteiger partial charge in [0.25, 0.3) is 0 Å². The molecule has 1 atom stereocenters. The van der Waals surface area contributed by atoms with Crippen molar-refractivity contribution in [3.8, 4) is 5.75 Å². The fourth-order valence-electron chi connectivity index (χ4n) is 2.81. The Kier molecular flexibility index (Phi) is 4.80. The minimum Gasteiger partial charge on any atom is -0.496 e. The lowest BCUT2D eigenvalue weighted by molar-refractivity contribution is 0.00202. The number of hydrogen-bond acceptors (Lipinski definition) is 4. The molecule has 1 unspecified atom stereocenters. The summed E-state index contributed by atoms with van der Waals surface area (Å²) in [6.07, 6.45) is 0. The Morgan fingerprint density at radius 3 is 2.58 bits per heavy atom. The summed E-state index contributed by atoms with van der Waals surface area (Å²) in [5.41, 5.74) is 3.38. The molecule has 0 bridgehead atoms. The Balaban J connectivity index is 2.36. The molecule has 1 aromatic carbocycles. The number of morpholine rings is 1. The number of aliphatic hydroxyl groups is 1. The summed E-state index contributed by atoms with van der Waals surface area (Å²) < 4.78 is 10.9. The molecule has 0 aliphatic carbocycles. The van der Waals surface area contributed by atoms with Crippen LogP contribution in [-0.4, -0.2) is 50.0 Å². The zero-order chi connectivity index (χ0) is 13.8. The second-order valence-corrected chi connectivity index (χ2v) is 5.05. The molecule has 19 heavy (non-hydrogen) atoms. The Hall–Kier alpha value is -1.10. The van der Waals surface area contributed by atoms with Crippen LogP contribution in [0.2, 0.25) is 0 Å². The number of benzene rings is 1. The van der Waals surface area contributed by atoms with Crippen molar-refractivity contribution in [2.24, 2.45) is 0 Å². The fraction of sp³-hybridized carbons (Fsp3) is 0.600. The van der Waals surface area contributed by atoms with Crippen LogP contribution in [0.5, 0.6) is 5.75 Å². The van der Waals surface area contributed by atoms with E-state index in [0.717, 1.165) is 43.2 Å². The van der Waals surface area contributed by atoms with Crippen molar-refractivity contribution in [3.63, 3.8) is 0 Å². The van der Waals surface area contributed by atoms with Gasteiger partial charge in [0.15, 0.2) is 0 Å². The van der Waals surface area contributed by atoms with E-state index in [4.69, 9.17) is 9.47 Å². The number of aryl methyl sites for hydroxylation is 2. The molecule has 2 rings (SSSR count). The highest BCUT2D eigenvalue weighted by atomic mass is 16.5. The van der Waals surface area contributed by atoms with Crippen molar-refractivity contribution in [2.75, 3.05) is 40.0 Å². The summed E-state index contributed by atoms with van der Waals surface area (Å²) in [4.78, 5) is 2.26. The summed E-state index contributed by atoms with van der Waals surface area (Å²) in [5.74, 6) is 0.885. The molecular weight excluding hydrogens is 242 g/mol. The lowest BCUT2D eigenvalue weighted by Gasteiger charge is -2.34. The Bertz CT molecular complexity index is 428. The van der Waals surface area contributed by atoms with Crippen LogP contribution in [0.25, 0.3) is 0 Å². The van der Waals surface area contributed by atoms with Crippen LogP contribution in [0.4, 0.5) is 0 Å². The first-order valence-corrected chi connectivity index (χ1v) is 6.75. The third-order valence-corrected chi connectivity index (χ3v) is 3.67. The molecule has 4 nitrogen and oxygen atoms in total. The van der Waals surface area contributed by atoms with Crippen molar-refractivity contribution < 1.29 is 14.6 Å². The van der Waals surface area contributed by atoms with E-state index in [1.54, 1.807) is 7.11 Å². The minimum absolute atomic E-state index is 0.0163. The van der Waals surface area contributed by atoms with Crippen LogP contribution in [0.15, 0.2) is 12.1 Å². The first kappa shape index (κ1) is 14.3. The van der Waals surface area contributed by atoms with Gasteiger partial charge in [0, 0.05) is 18.7 Å². The van der Waals surface area contributed by atoms with Gasteiger partial charge < -0.3 is 14.6 Å². The van der Waals surface area contributed by atoms with Crippen LogP contribution in [0.3, 0.4) is 0 Å². The average molecular weight is 265 g/mol. The standard InChI is InChI=1S/C15H23NO3/c1-11-8-12(2)15(18-3)13(9-11)14(10-17)16-4-6-19-7-5-16/h8-9,14,17H,4-7,10H2,1-3H3. The quantitative estimate of drug-likeness (QED) is 0.899. The maximum atomic E-state index is 9.80. The van der Waals surface area contributed by atoms with E-state index in [9.17, 15) is 5.11 Å².